The maximum Gasteiger partial charge on any atom is 0.0743 e. The lowest BCUT2D eigenvalue weighted by molar-refractivity contribution is -0.0333. The summed E-state index contributed by atoms with van der Waals surface area (Å²) < 4.78 is 5.81. The summed E-state index contributed by atoms with van der Waals surface area (Å²) in [7, 11) is 1.85. The molecule has 94 valence electrons. The van der Waals surface area contributed by atoms with Gasteiger partial charge in [0.1, 0.15) is 0 Å². The molecule has 1 aliphatic heterocycles. The van der Waals surface area contributed by atoms with Crippen LogP contribution in [0.15, 0.2) is 18.2 Å². The van der Waals surface area contributed by atoms with Gasteiger partial charge in [0.15, 0.2) is 0 Å². The summed E-state index contributed by atoms with van der Waals surface area (Å²) >= 11 is 0. The van der Waals surface area contributed by atoms with Crippen molar-refractivity contribution < 1.29 is 4.74 Å². The van der Waals surface area contributed by atoms with Gasteiger partial charge in [-0.05, 0) is 56.5 Å². The molecule has 1 fully saturated rings. The quantitative estimate of drug-likeness (QED) is 0.866. The molecule has 1 aliphatic rings. The van der Waals surface area contributed by atoms with E-state index in [0.717, 1.165) is 32.4 Å². The number of hydrogen-bond acceptors (Lipinski definition) is 2. The number of benzene rings is 1. The van der Waals surface area contributed by atoms with Crippen LogP contribution < -0.4 is 5.32 Å². The summed E-state index contributed by atoms with van der Waals surface area (Å²) in [5, 5.41) is 3.40. The number of piperidine rings is 1. The monoisotopic (exact) mass is 233 g/mol. The van der Waals surface area contributed by atoms with Gasteiger partial charge in [0.2, 0.25) is 0 Å². The first-order valence-corrected chi connectivity index (χ1v) is 6.47. The smallest absolute Gasteiger partial charge is 0.0743 e. The molecule has 0 aliphatic carbocycles. The highest BCUT2D eigenvalue weighted by atomic mass is 16.5. The van der Waals surface area contributed by atoms with Crippen LogP contribution in [0, 0.1) is 13.8 Å². The molecule has 1 aromatic rings. The van der Waals surface area contributed by atoms with E-state index in [1.807, 2.05) is 7.11 Å². The van der Waals surface area contributed by atoms with Crippen LogP contribution in [0.4, 0.5) is 0 Å². The van der Waals surface area contributed by atoms with Crippen molar-refractivity contribution >= 4 is 0 Å². The average molecular weight is 233 g/mol. The molecule has 0 aromatic heterocycles. The number of hydrogen-bond donors (Lipinski definition) is 1. The van der Waals surface area contributed by atoms with Gasteiger partial charge in [-0.2, -0.15) is 0 Å². The predicted molar refractivity (Wildman–Crippen MR) is 71.5 cm³/mol. The molecule has 2 nitrogen and oxygen atoms in total. The molecular weight excluding hydrogens is 210 g/mol. The first-order valence-electron chi connectivity index (χ1n) is 6.47. The van der Waals surface area contributed by atoms with Crippen LogP contribution in [0.25, 0.3) is 0 Å². The summed E-state index contributed by atoms with van der Waals surface area (Å²) in [6.45, 7) is 6.48. The van der Waals surface area contributed by atoms with E-state index in [4.69, 9.17) is 4.74 Å². The van der Waals surface area contributed by atoms with Crippen LogP contribution in [-0.2, 0) is 11.2 Å². The lowest BCUT2D eigenvalue weighted by atomic mass is 9.85. The topological polar surface area (TPSA) is 21.3 Å². The molecule has 17 heavy (non-hydrogen) atoms. The third kappa shape index (κ3) is 2.88. The molecule has 1 aromatic carbocycles. The van der Waals surface area contributed by atoms with Gasteiger partial charge in [-0.3, -0.25) is 0 Å². The van der Waals surface area contributed by atoms with Gasteiger partial charge in [0.05, 0.1) is 5.60 Å². The minimum Gasteiger partial charge on any atom is -0.378 e. The van der Waals surface area contributed by atoms with E-state index in [1.54, 1.807) is 0 Å². The highest BCUT2D eigenvalue weighted by Gasteiger charge is 2.31. The number of ether oxygens (including phenoxy) is 1. The van der Waals surface area contributed by atoms with E-state index < -0.39 is 0 Å². The zero-order valence-corrected chi connectivity index (χ0v) is 11.2. The number of rotatable bonds is 3. The summed E-state index contributed by atoms with van der Waals surface area (Å²) in [4.78, 5) is 0. The summed E-state index contributed by atoms with van der Waals surface area (Å²) in [5.41, 5.74) is 4.19. The molecule has 0 unspecified atom stereocenters. The Kier molecular flexibility index (Phi) is 3.85. The largest absolute Gasteiger partial charge is 0.378 e. The lowest BCUT2D eigenvalue weighted by Crippen LogP contribution is -2.44. The Hall–Kier alpha value is -0.860. The van der Waals surface area contributed by atoms with Gasteiger partial charge >= 0.3 is 0 Å². The van der Waals surface area contributed by atoms with E-state index in [1.165, 1.54) is 16.7 Å². The summed E-state index contributed by atoms with van der Waals surface area (Å²) in [6, 6.07) is 6.76. The minimum atomic E-state index is 0.0486. The fourth-order valence-corrected chi connectivity index (χ4v) is 2.62. The zero-order chi connectivity index (χ0) is 12.3. The second-order valence-corrected chi connectivity index (χ2v) is 5.23. The molecule has 0 radical (unpaired) electrons. The van der Waals surface area contributed by atoms with Gasteiger partial charge in [0.25, 0.3) is 0 Å². The van der Waals surface area contributed by atoms with Crippen LogP contribution in [0.3, 0.4) is 0 Å². The summed E-state index contributed by atoms with van der Waals surface area (Å²) in [5.74, 6) is 0. The third-order valence-corrected chi connectivity index (χ3v) is 4.05. The van der Waals surface area contributed by atoms with Crippen molar-refractivity contribution in [3.63, 3.8) is 0 Å². The fourth-order valence-electron chi connectivity index (χ4n) is 2.62. The Morgan fingerprint density at radius 3 is 2.47 bits per heavy atom. The van der Waals surface area contributed by atoms with Gasteiger partial charge in [0, 0.05) is 13.5 Å². The average Bonchev–Trinajstić information content (AvgIpc) is 2.35. The van der Waals surface area contributed by atoms with Gasteiger partial charge in [-0.15, -0.1) is 0 Å². The second kappa shape index (κ2) is 5.19. The van der Waals surface area contributed by atoms with Crippen molar-refractivity contribution in [2.45, 2.75) is 38.7 Å². The maximum atomic E-state index is 5.81. The van der Waals surface area contributed by atoms with E-state index in [0.29, 0.717) is 0 Å². The predicted octanol–water partition coefficient (Wildman–Crippen LogP) is 2.61. The second-order valence-electron chi connectivity index (χ2n) is 5.23. The third-order valence-electron chi connectivity index (χ3n) is 4.05. The van der Waals surface area contributed by atoms with E-state index in [9.17, 15) is 0 Å². The van der Waals surface area contributed by atoms with Crippen molar-refractivity contribution in [2.24, 2.45) is 0 Å². The van der Waals surface area contributed by atoms with Crippen LogP contribution >= 0.6 is 0 Å². The van der Waals surface area contributed by atoms with Gasteiger partial charge in [-0.25, -0.2) is 0 Å². The molecule has 2 rings (SSSR count). The first-order chi connectivity index (χ1) is 8.15. The summed E-state index contributed by atoms with van der Waals surface area (Å²) in [6.07, 6.45) is 3.25. The van der Waals surface area contributed by atoms with Crippen LogP contribution in [-0.4, -0.2) is 25.8 Å². The lowest BCUT2D eigenvalue weighted by Gasteiger charge is -2.36. The minimum absolute atomic E-state index is 0.0486. The molecular formula is C15H23NO. The molecule has 2 heteroatoms. The molecule has 0 spiro atoms. The van der Waals surface area contributed by atoms with Gasteiger partial charge < -0.3 is 10.1 Å². The number of methoxy groups -OCH3 is 1. The van der Waals surface area contributed by atoms with Gasteiger partial charge in [-0.1, -0.05) is 18.2 Å². The van der Waals surface area contributed by atoms with E-state index in [-0.39, 0.29) is 5.60 Å². The van der Waals surface area contributed by atoms with Crippen molar-refractivity contribution in [2.75, 3.05) is 20.2 Å². The zero-order valence-electron chi connectivity index (χ0n) is 11.2. The van der Waals surface area contributed by atoms with Crippen molar-refractivity contribution in [3.8, 4) is 0 Å². The first kappa shape index (κ1) is 12.6. The fraction of sp³-hybridized carbons (Fsp3) is 0.600. The Morgan fingerprint density at radius 1 is 1.18 bits per heavy atom. The molecule has 0 amide bonds. The molecule has 0 atom stereocenters. The SMILES string of the molecule is COC1(Cc2ccc(C)c(C)c2)CCNCC1. The van der Waals surface area contributed by atoms with E-state index >= 15 is 0 Å². The molecule has 1 saturated heterocycles. The molecule has 1 N–H and O–H groups in total. The molecule has 0 bridgehead atoms. The standard InChI is InChI=1S/C15H23NO/c1-12-4-5-14(10-13(12)2)11-15(17-3)6-8-16-9-7-15/h4-5,10,16H,6-9,11H2,1-3H3. The highest BCUT2D eigenvalue weighted by molar-refractivity contribution is 5.30. The van der Waals surface area contributed by atoms with Crippen LogP contribution in [0.2, 0.25) is 0 Å². The number of nitrogens with one attached hydrogen (secondary N) is 1. The Bertz CT molecular complexity index is 381. The Labute approximate surface area is 104 Å². The molecule has 0 saturated carbocycles. The van der Waals surface area contributed by atoms with Crippen LogP contribution in [0.1, 0.15) is 29.5 Å². The van der Waals surface area contributed by atoms with Crippen molar-refractivity contribution in [1.29, 1.82) is 0 Å². The maximum absolute atomic E-state index is 5.81. The van der Waals surface area contributed by atoms with E-state index in [2.05, 4.69) is 37.4 Å². The Balaban J connectivity index is 2.14. The highest BCUT2D eigenvalue weighted by Crippen LogP contribution is 2.27. The van der Waals surface area contributed by atoms with Crippen molar-refractivity contribution in [3.05, 3.63) is 34.9 Å². The normalized spacial score (nSPS) is 19.2. The molecule has 1 heterocycles. The van der Waals surface area contributed by atoms with Crippen molar-refractivity contribution in [1.82, 2.24) is 5.32 Å². The number of aryl methyl sites for hydroxylation is 2. The van der Waals surface area contributed by atoms with Crippen LogP contribution in [0.5, 0.6) is 0 Å². The Morgan fingerprint density at radius 2 is 1.88 bits per heavy atom.